The Morgan fingerprint density at radius 2 is 1.80 bits per heavy atom. The Kier molecular flexibility index (Phi) is 5.71. The van der Waals surface area contributed by atoms with Crippen molar-refractivity contribution in [1.82, 2.24) is 4.98 Å². The largest absolute Gasteiger partial charge is 0.417 e. The molecule has 0 aliphatic carbocycles. The van der Waals surface area contributed by atoms with Gasteiger partial charge >= 0.3 is 6.18 Å². The standard InChI is InChI=1S/C15H4Cl4F3N3/c1-24-14-12(18)8(4-23)7(11(17)13(14)19)3-10-9(16)2-6(5-25-10)15(20,21)22/h2,5H,3H2. The van der Waals surface area contributed by atoms with E-state index in [0.717, 1.165) is 6.07 Å². The van der Waals surface area contributed by atoms with Gasteiger partial charge in [-0.1, -0.05) is 46.4 Å². The van der Waals surface area contributed by atoms with Crippen LogP contribution >= 0.6 is 46.4 Å². The molecule has 0 amide bonds. The lowest BCUT2D eigenvalue weighted by molar-refractivity contribution is -0.137. The van der Waals surface area contributed by atoms with Gasteiger partial charge in [0.1, 0.15) is 0 Å². The van der Waals surface area contributed by atoms with Crippen LogP contribution in [0.4, 0.5) is 18.9 Å². The highest BCUT2D eigenvalue weighted by molar-refractivity contribution is 6.47. The molecule has 0 atom stereocenters. The van der Waals surface area contributed by atoms with E-state index in [4.69, 9.17) is 53.0 Å². The molecule has 0 saturated carbocycles. The Labute approximate surface area is 160 Å². The molecular weight excluding hydrogens is 421 g/mol. The van der Waals surface area contributed by atoms with Gasteiger partial charge in [0.15, 0.2) is 0 Å². The van der Waals surface area contributed by atoms with Crippen LogP contribution in [0.25, 0.3) is 4.85 Å². The number of pyridine rings is 1. The summed E-state index contributed by atoms with van der Waals surface area (Å²) in [5.74, 6) is 0. The van der Waals surface area contributed by atoms with Gasteiger partial charge in [0.25, 0.3) is 0 Å². The SMILES string of the molecule is [C-]#[N+]c1c(Cl)c(Cl)c(Cc2ncc(C(F)(F)F)cc2Cl)c(C#N)c1Cl. The van der Waals surface area contributed by atoms with Crippen LogP contribution in [0.1, 0.15) is 22.4 Å². The maximum atomic E-state index is 12.7. The van der Waals surface area contributed by atoms with Crippen molar-refractivity contribution in [2.45, 2.75) is 12.6 Å². The minimum absolute atomic E-state index is 0.0516. The fourth-order valence-corrected chi connectivity index (χ4v) is 3.07. The first-order valence-electron chi connectivity index (χ1n) is 6.30. The van der Waals surface area contributed by atoms with Crippen molar-refractivity contribution >= 4 is 52.1 Å². The van der Waals surface area contributed by atoms with Crippen molar-refractivity contribution in [2.75, 3.05) is 0 Å². The normalized spacial score (nSPS) is 11.1. The van der Waals surface area contributed by atoms with E-state index >= 15 is 0 Å². The van der Waals surface area contributed by atoms with Crippen LogP contribution < -0.4 is 0 Å². The average Bonchev–Trinajstić information content (AvgIpc) is 2.54. The van der Waals surface area contributed by atoms with Gasteiger partial charge < -0.3 is 0 Å². The number of hydrogen-bond donors (Lipinski definition) is 0. The summed E-state index contributed by atoms with van der Waals surface area (Å²) in [6.07, 6.45) is -4.15. The zero-order chi connectivity index (χ0) is 18.9. The van der Waals surface area contributed by atoms with Crippen LogP contribution in [0, 0.1) is 17.9 Å². The van der Waals surface area contributed by atoms with Crippen molar-refractivity contribution in [3.63, 3.8) is 0 Å². The second kappa shape index (κ2) is 7.27. The maximum Gasteiger partial charge on any atom is 0.417 e. The highest BCUT2D eigenvalue weighted by Crippen LogP contribution is 2.44. The first-order valence-corrected chi connectivity index (χ1v) is 7.81. The van der Waals surface area contributed by atoms with E-state index in [2.05, 4.69) is 9.83 Å². The highest BCUT2D eigenvalue weighted by atomic mass is 35.5. The Balaban J connectivity index is 2.59. The smallest absolute Gasteiger partial charge is 0.259 e. The zero-order valence-corrected chi connectivity index (χ0v) is 14.9. The molecule has 0 fully saturated rings. The number of rotatable bonds is 2. The molecule has 0 radical (unpaired) electrons. The third kappa shape index (κ3) is 3.78. The molecule has 1 aromatic carbocycles. The molecule has 2 rings (SSSR count). The summed E-state index contributed by atoms with van der Waals surface area (Å²) in [4.78, 5) is 6.82. The van der Waals surface area contributed by atoms with Gasteiger partial charge in [0.2, 0.25) is 5.69 Å². The lowest BCUT2D eigenvalue weighted by Gasteiger charge is -2.14. The third-order valence-corrected chi connectivity index (χ3v) is 4.78. The van der Waals surface area contributed by atoms with Crippen molar-refractivity contribution < 1.29 is 13.2 Å². The van der Waals surface area contributed by atoms with Gasteiger partial charge in [-0.25, -0.2) is 4.85 Å². The molecule has 0 saturated heterocycles. The van der Waals surface area contributed by atoms with Gasteiger partial charge in [-0.05, 0) is 11.6 Å². The summed E-state index contributed by atoms with van der Waals surface area (Å²) >= 11 is 24.0. The van der Waals surface area contributed by atoms with Gasteiger partial charge in [-0.2, -0.15) is 18.4 Å². The maximum absolute atomic E-state index is 12.7. The van der Waals surface area contributed by atoms with E-state index in [1.54, 1.807) is 0 Å². The molecule has 0 unspecified atom stereocenters. The molecule has 1 heterocycles. The van der Waals surface area contributed by atoms with Crippen LogP contribution in [0.2, 0.25) is 20.1 Å². The lowest BCUT2D eigenvalue weighted by atomic mass is 10.0. The number of nitrogens with zero attached hydrogens (tertiary/aromatic N) is 3. The predicted molar refractivity (Wildman–Crippen MR) is 89.5 cm³/mol. The van der Waals surface area contributed by atoms with E-state index in [9.17, 15) is 18.4 Å². The number of nitriles is 1. The molecule has 1 aromatic heterocycles. The minimum Gasteiger partial charge on any atom is -0.259 e. The lowest BCUT2D eigenvalue weighted by Crippen LogP contribution is -2.07. The minimum atomic E-state index is -4.59. The van der Waals surface area contributed by atoms with E-state index in [1.165, 1.54) is 0 Å². The first-order chi connectivity index (χ1) is 11.6. The first kappa shape index (κ1) is 19.6. The van der Waals surface area contributed by atoms with Gasteiger partial charge in [-0.15, -0.1) is 0 Å². The Hall–Kier alpha value is -1.70. The van der Waals surface area contributed by atoms with Crippen LogP contribution in [0.5, 0.6) is 0 Å². The molecule has 2 aromatic rings. The van der Waals surface area contributed by atoms with Gasteiger partial charge in [0, 0.05) is 12.6 Å². The van der Waals surface area contributed by atoms with Gasteiger partial charge in [0.05, 0.1) is 49.6 Å². The molecule has 3 nitrogen and oxygen atoms in total. The van der Waals surface area contributed by atoms with E-state index in [-0.39, 0.29) is 49.0 Å². The molecule has 0 aliphatic rings. The average molecular weight is 425 g/mol. The molecule has 0 N–H and O–H groups in total. The number of alkyl halides is 3. The summed E-state index contributed by atoms with van der Waals surface area (Å²) < 4.78 is 38.0. The predicted octanol–water partition coefficient (Wildman–Crippen LogP) is 6.73. The van der Waals surface area contributed by atoms with Crippen molar-refractivity contribution in [1.29, 1.82) is 5.26 Å². The van der Waals surface area contributed by atoms with Crippen LogP contribution in [-0.4, -0.2) is 4.98 Å². The summed E-state index contributed by atoms with van der Waals surface area (Å²) in [6.45, 7) is 7.05. The van der Waals surface area contributed by atoms with E-state index < -0.39 is 11.7 Å². The number of hydrogen-bond acceptors (Lipinski definition) is 2. The monoisotopic (exact) mass is 423 g/mol. The van der Waals surface area contributed by atoms with Crippen LogP contribution in [-0.2, 0) is 12.6 Å². The Morgan fingerprint density at radius 1 is 1.16 bits per heavy atom. The number of aromatic nitrogens is 1. The quantitative estimate of drug-likeness (QED) is 0.396. The molecule has 0 spiro atoms. The number of halogens is 7. The van der Waals surface area contributed by atoms with Crippen LogP contribution in [0.15, 0.2) is 12.3 Å². The van der Waals surface area contributed by atoms with E-state index in [0.29, 0.717) is 6.20 Å². The zero-order valence-electron chi connectivity index (χ0n) is 11.8. The second-order valence-electron chi connectivity index (χ2n) is 4.69. The van der Waals surface area contributed by atoms with Crippen molar-refractivity contribution in [2.24, 2.45) is 0 Å². The fraction of sp³-hybridized carbons (Fsp3) is 0.133. The molecule has 0 bridgehead atoms. The summed E-state index contributed by atoms with van der Waals surface area (Å²) in [5.41, 5.74) is -1.12. The molecule has 25 heavy (non-hydrogen) atoms. The summed E-state index contributed by atoms with van der Waals surface area (Å²) in [6, 6.07) is 2.54. The summed E-state index contributed by atoms with van der Waals surface area (Å²) in [7, 11) is 0. The molecule has 10 heteroatoms. The van der Waals surface area contributed by atoms with Crippen molar-refractivity contribution in [3.8, 4) is 6.07 Å². The molecule has 128 valence electrons. The second-order valence-corrected chi connectivity index (χ2v) is 6.24. The van der Waals surface area contributed by atoms with Crippen molar-refractivity contribution in [3.05, 3.63) is 66.2 Å². The Morgan fingerprint density at radius 3 is 2.28 bits per heavy atom. The molecule has 0 aliphatic heterocycles. The van der Waals surface area contributed by atoms with Crippen LogP contribution in [0.3, 0.4) is 0 Å². The Bertz CT molecular complexity index is 943. The van der Waals surface area contributed by atoms with Gasteiger partial charge in [-0.3, -0.25) is 4.98 Å². The summed E-state index contributed by atoms with van der Waals surface area (Å²) in [5, 5.41) is 8.59. The third-order valence-electron chi connectivity index (χ3n) is 3.21. The molecular formula is C15H4Cl4F3N3. The fourth-order valence-electron chi connectivity index (χ4n) is 1.99. The highest BCUT2D eigenvalue weighted by Gasteiger charge is 2.32. The van der Waals surface area contributed by atoms with E-state index in [1.807, 2.05) is 6.07 Å². The number of benzene rings is 1. The topological polar surface area (TPSA) is 41.0 Å².